The maximum Gasteiger partial charge on any atom is 0.271 e. The molecule has 2 aromatic rings. The highest BCUT2D eigenvalue weighted by Gasteiger charge is 2.18. The molecule has 0 bridgehead atoms. The van der Waals surface area contributed by atoms with Crippen molar-refractivity contribution in [1.82, 2.24) is 0 Å². The molecule has 2 rings (SSSR count). The highest BCUT2D eigenvalue weighted by atomic mass is 35.5. The van der Waals surface area contributed by atoms with Crippen LogP contribution in [0.25, 0.3) is 0 Å². The van der Waals surface area contributed by atoms with E-state index in [-0.39, 0.29) is 16.8 Å². The molecule has 0 spiro atoms. The number of carbonyl (C=O) groups is 1. The van der Waals surface area contributed by atoms with Gasteiger partial charge in [-0.1, -0.05) is 24.6 Å². The molecule has 0 fully saturated rings. The van der Waals surface area contributed by atoms with Crippen LogP contribution in [-0.2, 0) is 4.79 Å². The number of thioether (sulfide) groups is 1. The number of non-ortho nitro benzene ring substituents is 1. The van der Waals surface area contributed by atoms with E-state index in [1.165, 1.54) is 23.9 Å². The van der Waals surface area contributed by atoms with Crippen LogP contribution < -0.4 is 5.32 Å². The lowest BCUT2D eigenvalue weighted by Gasteiger charge is -2.14. The average Bonchev–Trinajstić information content (AvgIpc) is 2.54. The molecule has 0 heterocycles. The quantitative estimate of drug-likeness (QED) is 0.463. The summed E-state index contributed by atoms with van der Waals surface area (Å²) in [5.41, 5.74) is 0.362. The molecular formula is C16H15ClN2O3S. The number of anilines is 1. The van der Waals surface area contributed by atoms with Crippen LogP contribution in [0.4, 0.5) is 11.4 Å². The van der Waals surface area contributed by atoms with E-state index >= 15 is 0 Å². The third-order valence-corrected chi connectivity index (χ3v) is 4.71. The summed E-state index contributed by atoms with van der Waals surface area (Å²) < 4.78 is 0. The zero-order valence-electron chi connectivity index (χ0n) is 12.4. The van der Waals surface area contributed by atoms with Gasteiger partial charge >= 0.3 is 0 Å². The van der Waals surface area contributed by atoms with Gasteiger partial charge in [0.2, 0.25) is 5.91 Å². The molecule has 2 aromatic carbocycles. The zero-order chi connectivity index (χ0) is 16.8. The van der Waals surface area contributed by atoms with Gasteiger partial charge in [-0.25, -0.2) is 0 Å². The minimum absolute atomic E-state index is 0.0544. The number of hydrogen-bond donors (Lipinski definition) is 1. The molecule has 0 unspecified atom stereocenters. The fraction of sp³-hybridized carbons (Fsp3) is 0.188. The SMILES string of the molecule is CC[C@H](Sc1ccc(Cl)cc1)C(=O)Nc1cccc([N+](=O)[O-])c1. The average molecular weight is 351 g/mol. The number of nitro groups is 1. The molecule has 0 aliphatic carbocycles. The van der Waals surface area contributed by atoms with Crippen molar-refractivity contribution in [3.8, 4) is 0 Å². The summed E-state index contributed by atoms with van der Waals surface area (Å²) in [6.45, 7) is 1.92. The first-order chi connectivity index (χ1) is 11.0. The van der Waals surface area contributed by atoms with Crippen LogP contribution in [0.5, 0.6) is 0 Å². The second kappa shape index (κ2) is 7.99. The zero-order valence-corrected chi connectivity index (χ0v) is 13.9. The van der Waals surface area contributed by atoms with E-state index in [0.29, 0.717) is 17.1 Å². The number of hydrogen-bond acceptors (Lipinski definition) is 4. The van der Waals surface area contributed by atoms with Gasteiger partial charge in [0.05, 0.1) is 10.2 Å². The molecular weight excluding hydrogens is 336 g/mol. The van der Waals surface area contributed by atoms with Crippen molar-refractivity contribution < 1.29 is 9.72 Å². The Kier molecular flexibility index (Phi) is 6.01. The van der Waals surface area contributed by atoms with E-state index in [2.05, 4.69) is 5.32 Å². The normalized spacial score (nSPS) is 11.7. The van der Waals surface area contributed by atoms with E-state index in [9.17, 15) is 14.9 Å². The molecule has 1 atom stereocenters. The highest BCUT2D eigenvalue weighted by molar-refractivity contribution is 8.00. The van der Waals surface area contributed by atoms with Gasteiger partial charge in [0, 0.05) is 27.7 Å². The lowest BCUT2D eigenvalue weighted by molar-refractivity contribution is -0.384. The Labute approximate surface area is 143 Å². The Morgan fingerprint density at radius 2 is 2.00 bits per heavy atom. The summed E-state index contributed by atoms with van der Waals surface area (Å²) in [4.78, 5) is 23.6. The topological polar surface area (TPSA) is 72.2 Å². The van der Waals surface area contributed by atoms with Gasteiger partial charge in [0.1, 0.15) is 0 Å². The number of amides is 1. The largest absolute Gasteiger partial charge is 0.325 e. The second-order valence-corrected chi connectivity index (χ2v) is 6.48. The Morgan fingerprint density at radius 1 is 1.30 bits per heavy atom. The predicted octanol–water partition coefficient (Wildman–Crippen LogP) is 4.76. The van der Waals surface area contributed by atoms with Crippen molar-refractivity contribution in [2.75, 3.05) is 5.32 Å². The van der Waals surface area contributed by atoms with Gasteiger partial charge in [0.25, 0.3) is 5.69 Å². The summed E-state index contributed by atoms with van der Waals surface area (Å²) in [7, 11) is 0. The molecule has 1 amide bonds. The molecule has 0 saturated carbocycles. The van der Waals surface area contributed by atoms with Crippen LogP contribution in [0.2, 0.25) is 5.02 Å². The van der Waals surface area contributed by atoms with Gasteiger partial charge in [-0.2, -0.15) is 0 Å². The van der Waals surface area contributed by atoms with Gasteiger partial charge in [-0.3, -0.25) is 14.9 Å². The third-order valence-electron chi connectivity index (χ3n) is 3.08. The molecule has 0 saturated heterocycles. The van der Waals surface area contributed by atoms with Gasteiger partial charge in [-0.15, -0.1) is 11.8 Å². The van der Waals surface area contributed by atoms with Gasteiger partial charge < -0.3 is 5.32 Å². The molecule has 0 aliphatic rings. The minimum atomic E-state index is -0.491. The molecule has 1 N–H and O–H groups in total. The third kappa shape index (κ3) is 4.97. The fourth-order valence-electron chi connectivity index (χ4n) is 1.92. The van der Waals surface area contributed by atoms with Crippen molar-refractivity contribution >= 4 is 40.6 Å². The monoisotopic (exact) mass is 350 g/mol. The number of nitro benzene ring substituents is 1. The Morgan fingerprint density at radius 3 is 2.61 bits per heavy atom. The molecule has 7 heteroatoms. The predicted molar refractivity (Wildman–Crippen MR) is 93.1 cm³/mol. The van der Waals surface area contributed by atoms with Crippen molar-refractivity contribution in [2.45, 2.75) is 23.5 Å². The number of rotatable bonds is 6. The van der Waals surface area contributed by atoms with Crippen LogP contribution in [-0.4, -0.2) is 16.1 Å². The van der Waals surface area contributed by atoms with Gasteiger partial charge in [0.15, 0.2) is 0 Å². The summed E-state index contributed by atoms with van der Waals surface area (Å²) in [5, 5.41) is 13.9. The summed E-state index contributed by atoms with van der Waals surface area (Å²) in [6, 6.07) is 13.2. The molecule has 23 heavy (non-hydrogen) atoms. The standard InChI is InChI=1S/C16H15ClN2O3S/c1-2-15(23-14-8-6-11(17)7-9-14)16(20)18-12-4-3-5-13(10-12)19(21)22/h3-10,15H,2H2,1H3,(H,18,20)/t15-/m0/s1. The van der Waals surface area contributed by atoms with Crippen molar-refractivity contribution in [3.05, 3.63) is 63.7 Å². The van der Waals surface area contributed by atoms with Crippen molar-refractivity contribution in [2.24, 2.45) is 0 Å². The van der Waals surface area contributed by atoms with E-state index < -0.39 is 4.92 Å². The maximum absolute atomic E-state index is 12.4. The molecule has 5 nitrogen and oxygen atoms in total. The van der Waals surface area contributed by atoms with Crippen LogP contribution >= 0.6 is 23.4 Å². The Balaban J connectivity index is 2.06. The Bertz CT molecular complexity index is 707. The van der Waals surface area contributed by atoms with Crippen molar-refractivity contribution in [1.29, 1.82) is 0 Å². The maximum atomic E-state index is 12.4. The van der Waals surface area contributed by atoms with Crippen LogP contribution in [0.1, 0.15) is 13.3 Å². The number of carbonyl (C=O) groups excluding carboxylic acids is 1. The lowest BCUT2D eigenvalue weighted by atomic mass is 10.2. The van der Waals surface area contributed by atoms with E-state index in [1.807, 2.05) is 19.1 Å². The first-order valence-electron chi connectivity index (χ1n) is 6.97. The number of benzene rings is 2. The van der Waals surface area contributed by atoms with Crippen molar-refractivity contribution in [3.63, 3.8) is 0 Å². The molecule has 0 aromatic heterocycles. The fourth-order valence-corrected chi connectivity index (χ4v) is 3.00. The molecule has 120 valence electrons. The van der Waals surface area contributed by atoms with Gasteiger partial charge in [-0.05, 0) is 36.8 Å². The van der Waals surface area contributed by atoms with E-state index in [0.717, 1.165) is 4.90 Å². The van der Waals surface area contributed by atoms with Crippen LogP contribution in [0, 0.1) is 10.1 Å². The first kappa shape index (κ1) is 17.3. The van der Waals surface area contributed by atoms with E-state index in [1.54, 1.807) is 24.3 Å². The molecule has 0 aliphatic heterocycles. The number of nitrogens with zero attached hydrogens (tertiary/aromatic N) is 1. The highest BCUT2D eigenvalue weighted by Crippen LogP contribution is 2.28. The molecule has 0 radical (unpaired) electrons. The van der Waals surface area contributed by atoms with Crippen LogP contribution in [0.3, 0.4) is 0 Å². The number of halogens is 1. The number of nitrogens with one attached hydrogen (secondary N) is 1. The van der Waals surface area contributed by atoms with E-state index in [4.69, 9.17) is 11.6 Å². The first-order valence-corrected chi connectivity index (χ1v) is 8.23. The van der Waals surface area contributed by atoms with Crippen LogP contribution in [0.15, 0.2) is 53.4 Å². The summed E-state index contributed by atoms with van der Waals surface area (Å²) in [5.74, 6) is -0.187. The second-order valence-electron chi connectivity index (χ2n) is 4.77. The Hall–Kier alpha value is -2.05. The summed E-state index contributed by atoms with van der Waals surface area (Å²) in [6.07, 6.45) is 0.633. The minimum Gasteiger partial charge on any atom is -0.325 e. The smallest absolute Gasteiger partial charge is 0.271 e. The lowest BCUT2D eigenvalue weighted by Crippen LogP contribution is -2.24. The summed E-state index contributed by atoms with van der Waals surface area (Å²) >= 11 is 7.28.